The molecule has 4 nitrogen and oxygen atoms in total. The highest BCUT2D eigenvalue weighted by atomic mass is 16.2. The molecule has 0 aliphatic carbocycles. The monoisotopic (exact) mass is 296 g/mol. The first-order chi connectivity index (χ1) is 9.81. The third-order valence-electron chi connectivity index (χ3n) is 4.50. The number of nitrogens with one attached hydrogen (secondary N) is 1. The van der Waals surface area contributed by atoms with E-state index in [0.717, 1.165) is 19.3 Å². The molecular formula is C17H32N2O2. The summed E-state index contributed by atoms with van der Waals surface area (Å²) in [5.41, 5.74) is 0. The first-order valence-corrected chi connectivity index (χ1v) is 8.42. The van der Waals surface area contributed by atoms with Gasteiger partial charge in [-0.3, -0.25) is 9.59 Å². The normalized spacial score (nSPS) is 23.4. The van der Waals surface area contributed by atoms with Gasteiger partial charge >= 0.3 is 0 Å². The molecular weight excluding hydrogens is 264 g/mol. The van der Waals surface area contributed by atoms with Crippen molar-refractivity contribution < 1.29 is 9.59 Å². The Morgan fingerprint density at radius 1 is 1.10 bits per heavy atom. The maximum absolute atomic E-state index is 12.8. The van der Waals surface area contributed by atoms with Gasteiger partial charge in [-0.05, 0) is 24.2 Å². The summed E-state index contributed by atoms with van der Waals surface area (Å²) in [7, 11) is 0. The van der Waals surface area contributed by atoms with Gasteiger partial charge in [-0.25, -0.2) is 0 Å². The van der Waals surface area contributed by atoms with Gasteiger partial charge in [0.15, 0.2) is 0 Å². The Bertz CT molecular complexity index is 362. The molecule has 1 heterocycles. The van der Waals surface area contributed by atoms with Crippen LogP contribution in [-0.2, 0) is 9.59 Å². The van der Waals surface area contributed by atoms with Gasteiger partial charge in [0, 0.05) is 6.54 Å². The molecule has 0 bridgehead atoms. The van der Waals surface area contributed by atoms with Crippen molar-refractivity contribution in [3.8, 4) is 0 Å². The highest BCUT2D eigenvalue weighted by Crippen LogP contribution is 2.23. The van der Waals surface area contributed by atoms with Crippen LogP contribution in [0.3, 0.4) is 0 Å². The molecule has 1 aliphatic heterocycles. The summed E-state index contributed by atoms with van der Waals surface area (Å²) in [6.45, 7) is 13.2. The molecule has 0 saturated carbocycles. The minimum Gasteiger partial charge on any atom is -0.342 e. The SMILES string of the molecule is CCC(CC)CN1C(=O)C(C(C)C)NC(=O)C1CC(C)C. The Morgan fingerprint density at radius 3 is 2.10 bits per heavy atom. The van der Waals surface area contributed by atoms with E-state index in [2.05, 4.69) is 33.0 Å². The average Bonchev–Trinajstić information content (AvgIpc) is 2.41. The average molecular weight is 296 g/mol. The summed E-state index contributed by atoms with van der Waals surface area (Å²) in [5.74, 6) is 1.12. The van der Waals surface area contributed by atoms with Crippen LogP contribution in [0.4, 0.5) is 0 Å². The zero-order chi connectivity index (χ0) is 16.2. The number of piperazine rings is 1. The second-order valence-corrected chi connectivity index (χ2v) is 7.05. The summed E-state index contributed by atoms with van der Waals surface area (Å²) in [6.07, 6.45) is 2.83. The number of nitrogens with zero attached hydrogens (tertiary/aromatic N) is 1. The standard InChI is InChI=1S/C17H32N2O2/c1-7-13(8-2)10-19-14(9-11(3)4)16(20)18-15(12(5)6)17(19)21/h11-15H,7-10H2,1-6H3,(H,18,20). The Kier molecular flexibility index (Phi) is 6.69. The van der Waals surface area contributed by atoms with Gasteiger partial charge in [-0.15, -0.1) is 0 Å². The van der Waals surface area contributed by atoms with E-state index in [-0.39, 0.29) is 29.8 Å². The van der Waals surface area contributed by atoms with Crippen LogP contribution in [0, 0.1) is 17.8 Å². The summed E-state index contributed by atoms with van der Waals surface area (Å²) in [4.78, 5) is 27.1. The van der Waals surface area contributed by atoms with E-state index >= 15 is 0 Å². The number of hydrogen-bond acceptors (Lipinski definition) is 2. The van der Waals surface area contributed by atoms with E-state index in [9.17, 15) is 9.59 Å². The first-order valence-electron chi connectivity index (χ1n) is 8.42. The molecule has 0 aromatic heterocycles. The molecule has 2 amide bonds. The topological polar surface area (TPSA) is 49.4 Å². The minimum absolute atomic E-state index is 0.0213. The zero-order valence-electron chi connectivity index (χ0n) is 14.5. The van der Waals surface area contributed by atoms with E-state index in [4.69, 9.17) is 0 Å². The van der Waals surface area contributed by atoms with E-state index in [0.29, 0.717) is 18.4 Å². The Balaban J connectivity index is 2.99. The van der Waals surface area contributed by atoms with Gasteiger partial charge in [0.05, 0.1) is 0 Å². The maximum atomic E-state index is 12.8. The predicted molar refractivity (Wildman–Crippen MR) is 85.8 cm³/mol. The van der Waals surface area contributed by atoms with Crippen LogP contribution < -0.4 is 5.32 Å². The van der Waals surface area contributed by atoms with Crippen molar-refractivity contribution in [3.05, 3.63) is 0 Å². The van der Waals surface area contributed by atoms with E-state index < -0.39 is 0 Å². The molecule has 21 heavy (non-hydrogen) atoms. The smallest absolute Gasteiger partial charge is 0.246 e. The highest BCUT2D eigenvalue weighted by molar-refractivity contribution is 5.97. The van der Waals surface area contributed by atoms with Crippen molar-refractivity contribution in [3.63, 3.8) is 0 Å². The van der Waals surface area contributed by atoms with Crippen molar-refractivity contribution >= 4 is 11.8 Å². The zero-order valence-corrected chi connectivity index (χ0v) is 14.5. The Labute approximate surface area is 129 Å². The molecule has 1 fully saturated rings. The Hall–Kier alpha value is -1.06. The number of carbonyl (C=O) groups excluding carboxylic acids is 2. The van der Waals surface area contributed by atoms with Crippen molar-refractivity contribution in [2.45, 2.75) is 72.9 Å². The van der Waals surface area contributed by atoms with E-state index in [1.165, 1.54) is 0 Å². The lowest BCUT2D eigenvalue weighted by Crippen LogP contribution is -2.65. The van der Waals surface area contributed by atoms with Gasteiger partial charge in [0.1, 0.15) is 12.1 Å². The van der Waals surface area contributed by atoms with Gasteiger partial charge < -0.3 is 10.2 Å². The van der Waals surface area contributed by atoms with Crippen LogP contribution in [0.1, 0.15) is 60.8 Å². The lowest BCUT2D eigenvalue weighted by molar-refractivity contribution is -0.152. The van der Waals surface area contributed by atoms with Gasteiger partial charge in [0.2, 0.25) is 11.8 Å². The Morgan fingerprint density at radius 2 is 1.67 bits per heavy atom. The third-order valence-corrected chi connectivity index (χ3v) is 4.50. The molecule has 1 aliphatic rings. The lowest BCUT2D eigenvalue weighted by Gasteiger charge is -2.42. The minimum atomic E-state index is -0.365. The fourth-order valence-corrected chi connectivity index (χ4v) is 2.96. The summed E-state index contributed by atoms with van der Waals surface area (Å²) in [5, 5.41) is 2.93. The van der Waals surface area contributed by atoms with Crippen LogP contribution in [0.15, 0.2) is 0 Å². The molecule has 1 N–H and O–H groups in total. The number of rotatable bonds is 7. The summed E-state index contributed by atoms with van der Waals surface area (Å²) < 4.78 is 0. The second kappa shape index (κ2) is 7.81. The lowest BCUT2D eigenvalue weighted by atomic mass is 9.92. The molecule has 2 unspecified atom stereocenters. The van der Waals surface area contributed by atoms with Crippen molar-refractivity contribution in [1.29, 1.82) is 0 Å². The van der Waals surface area contributed by atoms with Crippen LogP contribution in [-0.4, -0.2) is 35.3 Å². The molecule has 0 aromatic rings. The summed E-state index contributed by atoms with van der Waals surface area (Å²) >= 11 is 0. The van der Waals surface area contributed by atoms with E-state index in [1.807, 2.05) is 18.7 Å². The highest BCUT2D eigenvalue weighted by Gasteiger charge is 2.42. The maximum Gasteiger partial charge on any atom is 0.246 e. The predicted octanol–water partition coefficient (Wildman–Crippen LogP) is 2.82. The van der Waals surface area contributed by atoms with Crippen LogP contribution >= 0.6 is 0 Å². The molecule has 2 atom stereocenters. The molecule has 0 spiro atoms. The van der Waals surface area contributed by atoms with Gasteiger partial charge in [-0.2, -0.15) is 0 Å². The van der Waals surface area contributed by atoms with E-state index in [1.54, 1.807) is 0 Å². The first kappa shape index (κ1) is 18.0. The fourth-order valence-electron chi connectivity index (χ4n) is 2.96. The van der Waals surface area contributed by atoms with Crippen molar-refractivity contribution in [2.75, 3.05) is 6.54 Å². The molecule has 122 valence electrons. The van der Waals surface area contributed by atoms with Gasteiger partial charge in [-0.1, -0.05) is 54.4 Å². The largest absolute Gasteiger partial charge is 0.342 e. The van der Waals surface area contributed by atoms with Crippen molar-refractivity contribution in [2.24, 2.45) is 17.8 Å². The number of hydrogen-bond donors (Lipinski definition) is 1. The van der Waals surface area contributed by atoms with Crippen LogP contribution in [0.2, 0.25) is 0 Å². The van der Waals surface area contributed by atoms with Crippen LogP contribution in [0.5, 0.6) is 0 Å². The summed E-state index contributed by atoms with van der Waals surface area (Å²) in [6, 6.07) is -0.664. The number of amides is 2. The molecule has 4 heteroatoms. The van der Waals surface area contributed by atoms with Crippen molar-refractivity contribution in [1.82, 2.24) is 10.2 Å². The van der Waals surface area contributed by atoms with Crippen LogP contribution in [0.25, 0.3) is 0 Å². The molecule has 1 saturated heterocycles. The molecule has 0 radical (unpaired) electrons. The molecule has 0 aromatic carbocycles. The van der Waals surface area contributed by atoms with Gasteiger partial charge in [0.25, 0.3) is 0 Å². The second-order valence-electron chi connectivity index (χ2n) is 7.05. The quantitative estimate of drug-likeness (QED) is 0.785. The molecule has 1 rings (SSSR count). The number of carbonyl (C=O) groups is 2. The fraction of sp³-hybridized carbons (Fsp3) is 0.882. The third kappa shape index (κ3) is 4.45.